The number of benzene rings is 1. The maximum atomic E-state index is 11.6. The topological polar surface area (TPSA) is 58.6 Å². The van der Waals surface area contributed by atoms with Gasteiger partial charge in [-0.25, -0.2) is 0 Å². The number of likely N-dealkylation sites (N-methyl/N-ethyl adjacent to an activating group) is 1. The fourth-order valence-corrected chi connectivity index (χ4v) is 2.99. The van der Waals surface area contributed by atoms with E-state index in [-0.39, 0.29) is 25.0 Å². The first-order chi connectivity index (χ1) is 9.31. The van der Waals surface area contributed by atoms with Gasteiger partial charge in [0.05, 0.1) is 15.5 Å². The molecule has 0 saturated carbocycles. The van der Waals surface area contributed by atoms with Crippen LogP contribution in [-0.4, -0.2) is 44.0 Å². The van der Waals surface area contributed by atoms with Gasteiger partial charge in [0.2, 0.25) is 5.91 Å². The van der Waals surface area contributed by atoms with Crippen LogP contribution in [0.4, 0.5) is 0 Å². The molecule has 5 nitrogen and oxygen atoms in total. The van der Waals surface area contributed by atoms with E-state index in [1.54, 1.807) is 14.1 Å². The van der Waals surface area contributed by atoms with E-state index in [1.165, 1.54) is 4.90 Å². The second-order valence-electron chi connectivity index (χ2n) is 4.41. The van der Waals surface area contributed by atoms with Gasteiger partial charge in [0.1, 0.15) is 5.75 Å². The zero-order valence-electron chi connectivity index (χ0n) is 11.5. The van der Waals surface area contributed by atoms with Crippen LogP contribution in [0.3, 0.4) is 0 Å². The van der Waals surface area contributed by atoms with Crippen molar-refractivity contribution >= 4 is 43.7 Å². The van der Waals surface area contributed by atoms with E-state index >= 15 is 0 Å². The summed E-state index contributed by atoms with van der Waals surface area (Å²) in [4.78, 5) is 24.3. The smallest absolute Gasteiger partial charge is 0.258 e. The minimum Gasteiger partial charge on any atom is -0.481 e. The molecule has 0 atom stereocenters. The van der Waals surface area contributed by atoms with Crippen molar-refractivity contribution in [2.75, 3.05) is 27.2 Å². The fraction of sp³-hybridized carbons (Fsp3) is 0.385. The van der Waals surface area contributed by atoms with Crippen LogP contribution in [0, 0.1) is 6.92 Å². The monoisotopic (exact) mass is 406 g/mol. The largest absolute Gasteiger partial charge is 0.481 e. The summed E-state index contributed by atoms with van der Waals surface area (Å²) in [5.41, 5.74) is 1.07. The molecule has 0 radical (unpaired) electrons. The van der Waals surface area contributed by atoms with Crippen molar-refractivity contribution in [2.24, 2.45) is 0 Å². The lowest BCUT2D eigenvalue weighted by Crippen LogP contribution is -2.38. The molecule has 2 amide bonds. The summed E-state index contributed by atoms with van der Waals surface area (Å²) >= 11 is 6.76. The van der Waals surface area contributed by atoms with Gasteiger partial charge in [-0.05, 0) is 56.5 Å². The van der Waals surface area contributed by atoms with Crippen molar-refractivity contribution in [3.05, 3.63) is 26.6 Å². The number of carbonyl (C=O) groups excluding carboxylic acids is 2. The quantitative estimate of drug-likeness (QED) is 0.813. The molecule has 0 aliphatic rings. The molecule has 0 spiro atoms. The van der Waals surface area contributed by atoms with Crippen molar-refractivity contribution in [2.45, 2.75) is 6.92 Å². The van der Waals surface area contributed by atoms with Crippen LogP contribution in [0.5, 0.6) is 5.75 Å². The van der Waals surface area contributed by atoms with Gasteiger partial charge in [-0.1, -0.05) is 0 Å². The van der Waals surface area contributed by atoms with Crippen LogP contribution in [0.15, 0.2) is 21.1 Å². The Balaban J connectivity index is 2.52. The Hall–Kier alpha value is -1.08. The van der Waals surface area contributed by atoms with E-state index in [0.29, 0.717) is 5.75 Å². The normalized spacial score (nSPS) is 10.1. The van der Waals surface area contributed by atoms with E-state index in [2.05, 4.69) is 37.2 Å². The first-order valence-corrected chi connectivity index (χ1v) is 7.45. The summed E-state index contributed by atoms with van der Waals surface area (Å²) in [6.45, 7) is 1.77. The lowest BCUT2D eigenvalue weighted by atomic mass is 10.2. The minimum absolute atomic E-state index is 0.0363. The number of carbonyl (C=O) groups is 2. The van der Waals surface area contributed by atoms with Gasteiger partial charge in [-0.3, -0.25) is 9.59 Å². The second-order valence-corrected chi connectivity index (χ2v) is 6.12. The molecule has 0 unspecified atom stereocenters. The lowest BCUT2D eigenvalue weighted by Gasteiger charge is -2.13. The van der Waals surface area contributed by atoms with Crippen molar-refractivity contribution < 1.29 is 14.3 Å². The third-order valence-electron chi connectivity index (χ3n) is 2.43. The van der Waals surface area contributed by atoms with Gasteiger partial charge in [0.15, 0.2) is 6.61 Å². The molecule has 0 aromatic heterocycles. The standard InChI is InChI=1S/C13H16Br2N2O3/c1-8-4-9(14)13(10(15)5-8)20-7-11(18)16-6-12(19)17(2)3/h4-5H,6-7H2,1-3H3,(H,16,18). The van der Waals surface area contributed by atoms with Crippen LogP contribution in [0.2, 0.25) is 0 Å². The number of halogens is 2. The minimum atomic E-state index is -0.348. The molecule has 1 N–H and O–H groups in total. The van der Waals surface area contributed by atoms with E-state index in [1.807, 2.05) is 19.1 Å². The Bertz CT molecular complexity index is 495. The van der Waals surface area contributed by atoms with Crippen molar-refractivity contribution in [3.8, 4) is 5.75 Å². The molecule has 1 aromatic carbocycles. The summed E-state index contributed by atoms with van der Waals surface area (Å²) < 4.78 is 6.98. The molecular formula is C13H16Br2N2O3. The van der Waals surface area contributed by atoms with E-state index in [4.69, 9.17) is 4.74 Å². The summed E-state index contributed by atoms with van der Waals surface area (Å²) in [5.74, 6) is 0.0420. The molecular weight excluding hydrogens is 392 g/mol. The summed E-state index contributed by atoms with van der Waals surface area (Å²) in [6.07, 6.45) is 0. The molecule has 1 rings (SSSR count). The molecule has 0 saturated heterocycles. The fourth-order valence-electron chi connectivity index (χ4n) is 1.35. The zero-order valence-corrected chi connectivity index (χ0v) is 14.7. The first-order valence-electron chi connectivity index (χ1n) is 5.86. The van der Waals surface area contributed by atoms with Crippen molar-refractivity contribution in [3.63, 3.8) is 0 Å². The van der Waals surface area contributed by atoms with Gasteiger partial charge in [-0.2, -0.15) is 0 Å². The Morgan fingerprint density at radius 1 is 1.25 bits per heavy atom. The third kappa shape index (κ3) is 5.13. The van der Waals surface area contributed by atoms with E-state index in [9.17, 15) is 9.59 Å². The Labute approximate surface area is 134 Å². The van der Waals surface area contributed by atoms with Crippen LogP contribution >= 0.6 is 31.9 Å². The highest BCUT2D eigenvalue weighted by Gasteiger charge is 2.11. The van der Waals surface area contributed by atoms with Gasteiger partial charge in [0.25, 0.3) is 5.91 Å². The molecule has 0 aliphatic heterocycles. The predicted octanol–water partition coefficient (Wildman–Crippen LogP) is 2.10. The van der Waals surface area contributed by atoms with Gasteiger partial charge in [0, 0.05) is 14.1 Å². The first kappa shape index (κ1) is 17.0. The number of amides is 2. The molecule has 0 aliphatic carbocycles. The number of rotatable bonds is 5. The van der Waals surface area contributed by atoms with Crippen molar-refractivity contribution in [1.29, 1.82) is 0 Å². The maximum Gasteiger partial charge on any atom is 0.258 e. The van der Waals surface area contributed by atoms with E-state index in [0.717, 1.165) is 14.5 Å². The Kier molecular flexibility index (Phi) is 6.48. The highest BCUT2D eigenvalue weighted by molar-refractivity contribution is 9.11. The Morgan fingerprint density at radius 3 is 2.30 bits per heavy atom. The molecule has 20 heavy (non-hydrogen) atoms. The third-order valence-corrected chi connectivity index (χ3v) is 3.60. The van der Waals surface area contributed by atoms with Crippen LogP contribution in [-0.2, 0) is 9.59 Å². The number of aryl methyl sites for hydroxylation is 1. The number of nitrogens with zero attached hydrogens (tertiary/aromatic N) is 1. The highest BCUT2D eigenvalue weighted by Crippen LogP contribution is 2.34. The number of hydrogen-bond acceptors (Lipinski definition) is 3. The van der Waals surface area contributed by atoms with Crippen LogP contribution in [0.1, 0.15) is 5.56 Å². The maximum absolute atomic E-state index is 11.6. The number of hydrogen-bond donors (Lipinski definition) is 1. The molecule has 1 aromatic rings. The molecule has 0 bridgehead atoms. The average Bonchev–Trinajstić information content (AvgIpc) is 2.34. The van der Waals surface area contributed by atoms with E-state index < -0.39 is 0 Å². The lowest BCUT2D eigenvalue weighted by molar-refractivity contribution is -0.131. The summed E-state index contributed by atoms with van der Waals surface area (Å²) in [5, 5.41) is 2.50. The summed E-state index contributed by atoms with van der Waals surface area (Å²) in [7, 11) is 3.26. The summed E-state index contributed by atoms with van der Waals surface area (Å²) in [6, 6.07) is 3.79. The van der Waals surface area contributed by atoms with Gasteiger partial charge < -0.3 is 15.0 Å². The van der Waals surface area contributed by atoms with Crippen molar-refractivity contribution in [1.82, 2.24) is 10.2 Å². The van der Waals surface area contributed by atoms with Gasteiger partial charge >= 0.3 is 0 Å². The van der Waals surface area contributed by atoms with Crippen LogP contribution < -0.4 is 10.1 Å². The zero-order chi connectivity index (χ0) is 15.3. The van der Waals surface area contributed by atoms with Crippen LogP contribution in [0.25, 0.3) is 0 Å². The molecule has 0 fully saturated rings. The molecule has 110 valence electrons. The second kappa shape index (κ2) is 7.64. The Morgan fingerprint density at radius 2 is 1.80 bits per heavy atom. The van der Waals surface area contributed by atoms with Gasteiger partial charge in [-0.15, -0.1) is 0 Å². The molecule has 7 heteroatoms. The predicted molar refractivity (Wildman–Crippen MR) is 83.8 cm³/mol. The SMILES string of the molecule is Cc1cc(Br)c(OCC(=O)NCC(=O)N(C)C)c(Br)c1. The number of ether oxygens (including phenoxy) is 1. The molecule has 0 heterocycles. The average molecular weight is 408 g/mol. The number of nitrogens with one attached hydrogen (secondary N) is 1. The highest BCUT2D eigenvalue weighted by atomic mass is 79.9.